The van der Waals surface area contributed by atoms with Gasteiger partial charge in [-0.3, -0.25) is 10.1 Å². The van der Waals surface area contributed by atoms with Gasteiger partial charge in [0.15, 0.2) is 6.10 Å². The molecule has 4 atom stereocenters. The van der Waals surface area contributed by atoms with E-state index in [1.807, 2.05) is 24.3 Å². The van der Waals surface area contributed by atoms with Crippen molar-refractivity contribution in [2.24, 2.45) is 5.92 Å². The molecule has 146 valence electrons. The molecule has 2 heterocycles. The Bertz CT molecular complexity index is 701. The maximum absolute atomic E-state index is 12.2. The van der Waals surface area contributed by atoms with Crippen LogP contribution in [0.2, 0.25) is 0 Å². The monoisotopic (exact) mass is 374 g/mol. The molecule has 7 heteroatoms. The fourth-order valence-electron chi connectivity index (χ4n) is 3.57. The van der Waals surface area contributed by atoms with Crippen LogP contribution in [-0.2, 0) is 19.0 Å². The molecule has 0 spiro atoms. The number of fused-ring (bicyclic) bond motifs is 1. The number of hydrogen-bond donors (Lipinski definition) is 2. The molecule has 1 saturated carbocycles. The summed E-state index contributed by atoms with van der Waals surface area (Å²) in [6, 6.07) is 7.52. The molecule has 3 fully saturated rings. The minimum Gasteiger partial charge on any atom is -0.441 e. The highest BCUT2D eigenvalue weighted by Gasteiger charge is 2.50. The second-order valence-corrected chi connectivity index (χ2v) is 7.83. The summed E-state index contributed by atoms with van der Waals surface area (Å²) in [5.41, 5.74) is 1.89. The summed E-state index contributed by atoms with van der Waals surface area (Å²) < 4.78 is 17.0. The minimum atomic E-state index is -0.532. The highest BCUT2D eigenvalue weighted by Crippen LogP contribution is 2.32. The molecule has 27 heavy (non-hydrogen) atoms. The van der Waals surface area contributed by atoms with Crippen LogP contribution in [0.3, 0.4) is 0 Å². The first-order valence-corrected chi connectivity index (χ1v) is 9.62. The molecule has 1 aromatic carbocycles. The molecule has 2 saturated heterocycles. The van der Waals surface area contributed by atoms with E-state index in [2.05, 4.69) is 24.5 Å². The lowest BCUT2D eigenvalue weighted by molar-refractivity contribution is -0.123. The molecule has 2 N–H and O–H groups in total. The molecular weight excluding hydrogens is 348 g/mol. The summed E-state index contributed by atoms with van der Waals surface area (Å²) in [5.74, 6) is 0.650. The normalized spacial score (nSPS) is 29.4. The predicted molar refractivity (Wildman–Crippen MR) is 98.6 cm³/mol. The summed E-state index contributed by atoms with van der Waals surface area (Å²) in [6.07, 6.45) is 0.291. The largest absolute Gasteiger partial charge is 0.441 e. The van der Waals surface area contributed by atoms with E-state index in [4.69, 9.17) is 14.2 Å². The summed E-state index contributed by atoms with van der Waals surface area (Å²) in [5, 5.41) is 5.73. The van der Waals surface area contributed by atoms with E-state index < -0.39 is 12.2 Å². The van der Waals surface area contributed by atoms with Crippen LogP contribution < -0.4 is 10.6 Å². The van der Waals surface area contributed by atoms with E-state index in [1.165, 1.54) is 5.56 Å². The highest BCUT2D eigenvalue weighted by molar-refractivity contribution is 5.84. The molecular formula is C20H26N2O5. The van der Waals surface area contributed by atoms with Crippen LogP contribution in [-0.4, -0.2) is 49.6 Å². The Labute approximate surface area is 158 Å². The Hall–Kier alpha value is -2.12. The summed E-state index contributed by atoms with van der Waals surface area (Å²) in [4.78, 5) is 24.2. The van der Waals surface area contributed by atoms with E-state index in [9.17, 15) is 9.59 Å². The lowest BCUT2D eigenvalue weighted by Gasteiger charge is -2.18. The second-order valence-electron chi connectivity index (χ2n) is 7.83. The van der Waals surface area contributed by atoms with E-state index in [0.717, 1.165) is 12.8 Å². The third kappa shape index (κ3) is 4.09. The minimum absolute atomic E-state index is 0.0693. The number of carbonyl (C=O) groups excluding carboxylic acids is 2. The summed E-state index contributed by atoms with van der Waals surface area (Å²) in [6.45, 7) is 4.89. The highest BCUT2D eigenvalue weighted by atomic mass is 16.6. The standard InChI is InChI=1S/C20H26N2O5/c1-11(2)12-5-7-14(8-6-12)21-20(24)27-16-10-26-17-15(9-25-18(16)17)22-19(23)13-3-4-13/h5-8,11,13,15-18H,3-4,9-10H2,1-2H3,(H,21,24)(H,22,23)/t15-,16-,17-,18+/m0/s1. The van der Waals surface area contributed by atoms with Gasteiger partial charge < -0.3 is 19.5 Å². The molecule has 3 aliphatic rings. The summed E-state index contributed by atoms with van der Waals surface area (Å²) >= 11 is 0. The Morgan fingerprint density at radius 1 is 1.07 bits per heavy atom. The average Bonchev–Trinajstić information content (AvgIpc) is 3.32. The van der Waals surface area contributed by atoms with Crippen LogP contribution in [0.1, 0.15) is 38.2 Å². The number of anilines is 1. The second kappa shape index (κ2) is 7.48. The van der Waals surface area contributed by atoms with Gasteiger partial charge in [0.05, 0.1) is 19.3 Å². The number of nitrogens with one attached hydrogen (secondary N) is 2. The quantitative estimate of drug-likeness (QED) is 0.827. The zero-order chi connectivity index (χ0) is 19.0. The van der Waals surface area contributed by atoms with Gasteiger partial charge in [0.2, 0.25) is 5.91 Å². The van der Waals surface area contributed by atoms with E-state index in [-0.39, 0.29) is 36.7 Å². The van der Waals surface area contributed by atoms with Crippen LogP contribution in [0.4, 0.5) is 10.5 Å². The van der Waals surface area contributed by atoms with Gasteiger partial charge in [-0.1, -0.05) is 26.0 Å². The van der Waals surface area contributed by atoms with Crippen molar-refractivity contribution in [3.63, 3.8) is 0 Å². The number of carbonyl (C=O) groups is 2. The molecule has 1 aliphatic carbocycles. The first-order chi connectivity index (χ1) is 13.0. The third-order valence-electron chi connectivity index (χ3n) is 5.37. The first kappa shape index (κ1) is 18.3. The van der Waals surface area contributed by atoms with Crippen molar-refractivity contribution in [2.45, 2.75) is 57.0 Å². The van der Waals surface area contributed by atoms with Gasteiger partial charge in [-0.05, 0) is 36.5 Å². The summed E-state index contributed by atoms with van der Waals surface area (Å²) in [7, 11) is 0. The molecule has 2 aliphatic heterocycles. The molecule has 2 amide bonds. The number of benzene rings is 1. The number of rotatable bonds is 5. The van der Waals surface area contributed by atoms with Crippen molar-refractivity contribution < 1.29 is 23.8 Å². The fraction of sp³-hybridized carbons (Fsp3) is 0.600. The van der Waals surface area contributed by atoms with Gasteiger partial charge in [0, 0.05) is 11.6 Å². The van der Waals surface area contributed by atoms with Gasteiger partial charge in [-0.15, -0.1) is 0 Å². The first-order valence-electron chi connectivity index (χ1n) is 9.62. The van der Waals surface area contributed by atoms with Gasteiger partial charge >= 0.3 is 6.09 Å². The third-order valence-corrected chi connectivity index (χ3v) is 5.37. The maximum atomic E-state index is 12.2. The van der Waals surface area contributed by atoms with Crippen molar-refractivity contribution >= 4 is 17.7 Å². The number of hydrogen-bond acceptors (Lipinski definition) is 5. The molecule has 7 nitrogen and oxygen atoms in total. The molecule has 0 aromatic heterocycles. The topological polar surface area (TPSA) is 85.9 Å². The maximum Gasteiger partial charge on any atom is 0.412 e. The van der Waals surface area contributed by atoms with Crippen LogP contribution in [0.25, 0.3) is 0 Å². The van der Waals surface area contributed by atoms with Crippen LogP contribution >= 0.6 is 0 Å². The molecule has 1 aromatic rings. The SMILES string of the molecule is CC(C)c1ccc(NC(=O)O[C@H]2CO[C@@H]3[C@@H]2OC[C@@H]3NC(=O)C2CC2)cc1. The van der Waals surface area contributed by atoms with E-state index >= 15 is 0 Å². The van der Waals surface area contributed by atoms with Crippen LogP contribution in [0.15, 0.2) is 24.3 Å². The average molecular weight is 374 g/mol. The van der Waals surface area contributed by atoms with E-state index in [0.29, 0.717) is 18.2 Å². The van der Waals surface area contributed by atoms with Crippen LogP contribution in [0.5, 0.6) is 0 Å². The Morgan fingerprint density at radius 3 is 2.44 bits per heavy atom. The lowest BCUT2D eigenvalue weighted by atomic mass is 10.0. The van der Waals surface area contributed by atoms with Gasteiger partial charge in [-0.2, -0.15) is 0 Å². The van der Waals surface area contributed by atoms with Crippen molar-refractivity contribution in [1.82, 2.24) is 5.32 Å². The van der Waals surface area contributed by atoms with Gasteiger partial charge in [0.25, 0.3) is 0 Å². The van der Waals surface area contributed by atoms with Crippen molar-refractivity contribution in [2.75, 3.05) is 18.5 Å². The van der Waals surface area contributed by atoms with Crippen molar-refractivity contribution in [3.05, 3.63) is 29.8 Å². The predicted octanol–water partition coefficient (Wildman–Crippen LogP) is 2.42. The Kier molecular flexibility index (Phi) is 5.06. The van der Waals surface area contributed by atoms with Crippen LogP contribution in [0, 0.1) is 5.92 Å². The van der Waals surface area contributed by atoms with Gasteiger partial charge in [-0.25, -0.2) is 4.79 Å². The molecule has 4 rings (SSSR count). The zero-order valence-corrected chi connectivity index (χ0v) is 15.6. The van der Waals surface area contributed by atoms with Gasteiger partial charge in [0.1, 0.15) is 12.2 Å². The Balaban J connectivity index is 1.28. The number of amides is 2. The molecule has 0 radical (unpaired) electrons. The number of ether oxygens (including phenoxy) is 3. The van der Waals surface area contributed by atoms with E-state index in [1.54, 1.807) is 0 Å². The zero-order valence-electron chi connectivity index (χ0n) is 15.6. The lowest BCUT2D eigenvalue weighted by Crippen LogP contribution is -2.45. The smallest absolute Gasteiger partial charge is 0.412 e. The fourth-order valence-corrected chi connectivity index (χ4v) is 3.57. The van der Waals surface area contributed by atoms with Crippen molar-refractivity contribution in [3.8, 4) is 0 Å². The Morgan fingerprint density at radius 2 is 1.78 bits per heavy atom. The van der Waals surface area contributed by atoms with Crippen molar-refractivity contribution in [1.29, 1.82) is 0 Å². The molecule has 0 bridgehead atoms. The molecule has 0 unspecified atom stereocenters.